The molecule has 1 N–H and O–H groups in total. The van der Waals surface area contributed by atoms with Crippen molar-refractivity contribution in [3.05, 3.63) is 39.2 Å². The van der Waals surface area contributed by atoms with E-state index in [0.717, 1.165) is 36.9 Å². The van der Waals surface area contributed by atoms with Crippen LogP contribution in [0.25, 0.3) is 11.0 Å². The molecule has 1 aromatic carbocycles. The number of benzene rings is 1. The van der Waals surface area contributed by atoms with E-state index < -0.39 is 5.63 Å². The highest BCUT2D eigenvalue weighted by Gasteiger charge is 2.21. The number of aryl methyl sites for hydroxylation is 2. The number of phenolic OH excluding ortho intramolecular Hbond substituents is 1. The van der Waals surface area contributed by atoms with E-state index >= 15 is 0 Å². The molecule has 1 aliphatic rings. The third-order valence-corrected chi connectivity index (χ3v) is 5.12. The molecule has 0 amide bonds. The van der Waals surface area contributed by atoms with Crippen LogP contribution >= 0.6 is 0 Å². The Kier molecular flexibility index (Phi) is 6.70. The van der Waals surface area contributed by atoms with Crippen molar-refractivity contribution in [2.75, 3.05) is 33.4 Å². The highest BCUT2D eigenvalue weighted by atomic mass is 16.6. The lowest BCUT2D eigenvalue weighted by Gasteiger charge is -2.19. The van der Waals surface area contributed by atoms with Gasteiger partial charge in [0.1, 0.15) is 17.9 Å². The number of fused-ring (bicyclic) bond motifs is 1. The van der Waals surface area contributed by atoms with Gasteiger partial charge in [0.05, 0.1) is 12.2 Å². The lowest BCUT2D eigenvalue weighted by atomic mass is 9.98. The van der Waals surface area contributed by atoms with Crippen LogP contribution in [-0.2, 0) is 27.2 Å². The molecule has 1 aliphatic heterocycles. The van der Waals surface area contributed by atoms with Crippen LogP contribution in [0.1, 0.15) is 36.0 Å². The fourth-order valence-electron chi connectivity index (χ4n) is 3.62. The van der Waals surface area contributed by atoms with Crippen LogP contribution in [0.2, 0.25) is 0 Å². The first-order chi connectivity index (χ1) is 13.5. The molecule has 0 radical (unpaired) electrons. The molecular weight excluding hydrogens is 362 g/mol. The van der Waals surface area contributed by atoms with Crippen molar-refractivity contribution in [3.8, 4) is 5.75 Å². The molecule has 152 valence electrons. The van der Waals surface area contributed by atoms with Crippen LogP contribution in [0.3, 0.4) is 0 Å². The highest BCUT2D eigenvalue weighted by Crippen LogP contribution is 2.34. The van der Waals surface area contributed by atoms with Gasteiger partial charge in [0.2, 0.25) is 0 Å². The first-order valence-electron chi connectivity index (χ1n) is 9.64. The van der Waals surface area contributed by atoms with Crippen LogP contribution in [0, 0.1) is 6.92 Å². The first-order valence-corrected chi connectivity index (χ1v) is 9.64. The Morgan fingerprint density at radius 2 is 2.00 bits per heavy atom. The number of ether oxygens (including phenoxy) is 2. The lowest BCUT2D eigenvalue weighted by molar-refractivity contribution is -0.144. The lowest BCUT2D eigenvalue weighted by Crippen LogP contribution is -2.19. The molecule has 2 heterocycles. The number of rotatable bonds is 8. The maximum absolute atomic E-state index is 11.9. The van der Waals surface area contributed by atoms with Crippen LogP contribution in [-0.4, -0.2) is 49.4 Å². The Morgan fingerprint density at radius 3 is 2.71 bits per heavy atom. The predicted molar refractivity (Wildman–Crippen MR) is 105 cm³/mol. The summed E-state index contributed by atoms with van der Waals surface area (Å²) in [5.74, 6) is -0.244. The van der Waals surface area contributed by atoms with E-state index in [0.29, 0.717) is 36.3 Å². The van der Waals surface area contributed by atoms with Gasteiger partial charge in [-0.05, 0) is 56.5 Å². The Bertz CT molecular complexity index is 898. The zero-order valence-electron chi connectivity index (χ0n) is 16.5. The number of carbonyl (C=O) groups excluding carboxylic acids is 1. The van der Waals surface area contributed by atoms with E-state index in [1.54, 1.807) is 13.2 Å². The van der Waals surface area contributed by atoms with E-state index in [2.05, 4.69) is 4.90 Å². The zero-order chi connectivity index (χ0) is 20.1. The molecular formula is C21H27NO6. The first kappa shape index (κ1) is 20.4. The second-order valence-corrected chi connectivity index (χ2v) is 7.18. The van der Waals surface area contributed by atoms with Gasteiger partial charge in [-0.25, -0.2) is 4.79 Å². The molecule has 0 atom stereocenters. The normalized spacial score (nSPS) is 14.6. The largest absolute Gasteiger partial charge is 0.507 e. The van der Waals surface area contributed by atoms with Gasteiger partial charge < -0.3 is 19.0 Å². The number of hydrogen-bond donors (Lipinski definition) is 1. The number of methoxy groups -OCH3 is 1. The van der Waals surface area contributed by atoms with Gasteiger partial charge in [-0.15, -0.1) is 0 Å². The molecule has 0 aliphatic carbocycles. The SMILES string of the molecule is COCCOC(=O)CCc1cc2c(C)cc(=O)oc2c(CN2CCCC2)c1O. The maximum Gasteiger partial charge on any atom is 0.336 e. The second kappa shape index (κ2) is 9.21. The van der Waals surface area contributed by atoms with Gasteiger partial charge in [0.15, 0.2) is 0 Å². The molecule has 0 bridgehead atoms. The van der Waals surface area contributed by atoms with E-state index in [4.69, 9.17) is 13.9 Å². The fourth-order valence-corrected chi connectivity index (χ4v) is 3.62. The maximum atomic E-state index is 11.9. The van der Waals surface area contributed by atoms with Crippen LogP contribution in [0.15, 0.2) is 21.3 Å². The quantitative estimate of drug-likeness (QED) is 0.421. The summed E-state index contributed by atoms with van der Waals surface area (Å²) in [5.41, 5.74) is 2.06. The molecule has 0 saturated carbocycles. The minimum absolute atomic E-state index is 0.0952. The fraction of sp³-hybridized carbons (Fsp3) is 0.524. The summed E-state index contributed by atoms with van der Waals surface area (Å²) in [4.78, 5) is 26.0. The summed E-state index contributed by atoms with van der Waals surface area (Å²) < 4.78 is 15.4. The molecule has 1 aromatic heterocycles. The van der Waals surface area contributed by atoms with Gasteiger partial charge >= 0.3 is 11.6 Å². The minimum atomic E-state index is -0.429. The molecule has 28 heavy (non-hydrogen) atoms. The highest BCUT2D eigenvalue weighted by molar-refractivity contribution is 5.86. The van der Waals surface area contributed by atoms with Crippen molar-refractivity contribution in [2.24, 2.45) is 0 Å². The Morgan fingerprint density at radius 1 is 1.25 bits per heavy atom. The minimum Gasteiger partial charge on any atom is -0.507 e. The van der Waals surface area contributed by atoms with Crippen LogP contribution < -0.4 is 5.63 Å². The van der Waals surface area contributed by atoms with Crippen molar-refractivity contribution in [1.29, 1.82) is 0 Å². The van der Waals surface area contributed by atoms with Crippen molar-refractivity contribution in [2.45, 2.75) is 39.2 Å². The molecule has 1 fully saturated rings. The number of esters is 1. The summed E-state index contributed by atoms with van der Waals surface area (Å²) in [6.45, 7) is 4.83. The van der Waals surface area contributed by atoms with Crippen molar-refractivity contribution in [1.82, 2.24) is 4.90 Å². The van der Waals surface area contributed by atoms with Crippen molar-refractivity contribution < 1.29 is 23.8 Å². The van der Waals surface area contributed by atoms with E-state index in [1.807, 2.05) is 6.92 Å². The van der Waals surface area contributed by atoms with Crippen LogP contribution in [0.4, 0.5) is 0 Å². The van der Waals surface area contributed by atoms with Gasteiger partial charge in [-0.3, -0.25) is 9.69 Å². The summed E-state index contributed by atoms with van der Waals surface area (Å²) >= 11 is 0. The predicted octanol–water partition coefficient (Wildman–Crippen LogP) is 2.53. The summed E-state index contributed by atoms with van der Waals surface area (Å²) in [7, 11) is 1.55. The number of hydrogen-bond acceptors (Lipinski definition) is 7. The average molecular weight is 389 g/mol. The Hall–Kier alpha value is -2.38. The van der Waals surface area contributed by atoms with E-state index in [9.17, 15) is 14.7 Å². The Labute approximate surface area is 163 Å². The molecule has 0 spiro atoms. The van der Waals surface area contributed by atoms with E-state index in [1.165, 1.54) is 6.07 Å². The number of aromatic hydroxyl groups is 1. The van der Waals surface area contributed by atoms with Gasteiger partial charge in [-0.1, -0.05) is 0 Å². The molecule has 1 saturated heterocycles. The Balaban J connectivity index is 1.90. The molecule has 2 aromatic rings. The molecule has 7 nitrogen and oxygen atoms in total. The molecule has 0 unspecified atom stereocenters. The van der Waals surface area contributed by atoms with Crippen molar-refractivity contribution in [3.63, 3.8) is 0 Å². The third kappa shape index (κ3) is 4.72. The zero-order valence-corrected chi connectivity index (χ0v) is 16.5. The van der Waals surface area contributed by atoms with Gasteiger partial charge in [-0.2, -0.15) is 0 Å². The van der Waals surface area contributed by atoms with Gasteiger partial charge in [0, 0.05) is 31.5 Å². The second-order valence-electron chi connectivity index (χ2n) is 7.18. The van der Waals surface area contributed by atoms with E-state index in [-0.39, 0.29) is 24.7 Å². The van der Waals surface area contributed by atoms with Crippen LogP contribution in [0.5, 0.6) is 5.75 Å². The smallest absolute Gasteiger partial charge is 0.336 e. The number of nitrogens with zero attached hydrogens (tertiary/aromatic N) is 1. The topological polar surface area (TPSA) is 89.2 Å². The summed E-state index contributed by atoms with van der Waals surface area (Å²) in [5, 5.41) is 11.7. The monoisotopic (exact) mass is 389 g/mol. The standard InChI is InChI=1S/C21H27NO6/c1-14-11-19(24)28-21-16(14)12-15(5-6-18(23)27-10-9-26-2)20(25)17(21)13-22-7-3-4-8-22/h11-12,25H,3-10,13H2,1-2H3. The summed E-state index contributed by atoms with van der Waals surface area (Å²) in [6.07, 6.45) is 2.74. The molecule has 3 rings (SSSR count). The van der Waals surface area contributed by atoms with Crippen molar-refractivity contribution >= 4 is 16.9 Å². The van der Waals surface area contributed by atoms with Gasteiger partial charge in [0.25, 0.3) is 0 Å². The summed E-state index contributed by atoms with van der Waals surface area (Å²) in [6, 6.07) is 3.25. The number of likely N-dealkylation sites (tertiary alicyclic amines) is 1. The third-order valence-electron chi connectivity index (χ3n) is 5.12. The number of phenols is 1. The number of carbonyl (C=O) groups is 1. The molecule has 7 heteroatoms. The average Bonchev–Trinajstić information content (AvgIpc) is 3.16.